The molecule has 24 heavy (non-hydrogen) atoms. The highest BCUT2D eigenvalue weighted by Gasteiger charge is 2.31. The van der Waals surface area contributed by atoms with Gasteiger partial charge in [-0.2, -0.15) is 0 Å². The first-order valence-corrected chi connectivity index (χ1v) is 8.14. The second-order valence-electron chi connectivity index (χ2n) is 6.16. The van der Waals surface area contributed by atoms with Gasteiger partial charge in [0.2, 0.25) is 0 Å². The quantitative estimate of drug-likeness (QED) is 0.776. The lowest BCUT2D eigenvalue weighted by Crippen LogP contribution is -2.34. The summed E-state index contributed by atoms with van der Waals surface area (Å²) in [6, 6.07) is 16.6. The lowest BCUT2D eigenvalue weighted by molar-refractivity contribution is -0.274. The molecule has 0 unspecified atom stereocenters. The summed E-state index contributed by atoms with van der Waals surface area (Å²) in [5.74, 6) is 0.407. The normalized spacial score (nSPS) is 16.2. The smallest absolute Gasteiger partial charge is 0.406 e. The van der Waals surface area contributed by atoms with Gasteiger partial charge in [-0.25, -0.2) is 0 Å². The molecule has 2 aromatic carbocycles. The Labute approximate surface area is 139 Å². The Balaban J connectivity index is 1.51. The van der Waals surface area contributed by atoms with Crippen LogP contribution in [0.3, 0.4) is 0 Å². The molecule has 0 amide bonds. The van der Waals surface area contributed by atoms with Crippen LogP contribution in [0, 0.1) is 5.92 Å². The summed E-state index contributed by atoms with van der Waals surface area (Å²) in [5.41, 5.74) is 2.31. The fourth-order valence-corrected chi connectivity index (χ4v) is 3.19. The van der Waals surface area contributed by atoms with Crippen molar-refractivity contribution in [3.63, 3.8) is 0 Å². The van der Waals surface area contributed by atoms with Crippen LogP contribution in [-0.2, 0) is 6.42 Å². The van der Waals surface area contributed by atoms with E-state index in [1.54, 1.807) is 12.1 Å². The highest BCUT2D eigenvalue weighted by Crippen LogP contribution is 2.27. The van der Waals surface area contributed by atoms with Gasteiger partial charge in [0.1, 0.15) is 5.75 Å². The maximum atomic E-state index is 12.2. The Bertz CT molecular complexity index is 632. The van der Waals surface area contributed by atoms with Crippen molar-refractivity contribution >= 4 is 5.69 Å². The number of anilines is 1. The Morgan fingerprint density at radius 1 is 0.917 bits per heavy atom. The SMILES string of the molecule is FC(F)(F)Oc1ccc(CC2CCN(c3ccccc3)CC2)cc1. The summed E-state index contributed by atoms with van der Waals surface area (Å²) in [6.07, 6.45) is -1.55. The molecule has 3 rings (SSSR count). The highest BCUT2D eigenvalue weighted by molar-refractivity contribution is 5.46. The Morgan fingerprint density at radius 2 is 1.54 bits per heavy atom. The lowest BCUT2D eigenvalue weighted by atomic mass is 9.90. The molecule has 0 atom stereocenters. The van der Waals surface area contributed by atoms with Gasteiger partial charge in [0, 0.05) is 18.8 Å². The molecule has 0 saturated carbocycles. The number of benzene rings is 2. The number of hydrogen-bond donors (Lipinski definition) is 0. The van der Waals surface area contributed by atoms with Gasteiger partial charge >= 0.3 is 6.36 Å². The van der Waals surface area contributed by atoms with Crippen LogP contribution in [-0.4, -0.2) is 19.5 Å². The van der Waals surface area contributed by atoms with E-state index in [4.69, 9.17) is 0 Å². The Morgan fingerprint density at radius 3 is 2.12 bits per heavy atom. The van der Waals surface area contributed by atoms with Crippen molar-refractivity contribution in [1.82, 2.24) is 0 Å². The van der Waals surface area contributed by atoms with Crippen molar-refractivity contribution in [1.29, 1.82) is 0 Å². The zero-order valence-corrected chi connectivity index (χ0v) is 13.3. The monoisotopic (exact) mass is 335 g/mol. The molecular weight excluding hydrogens is 315 g/mol. The first-order chi connectivity index (χ1) is 11.5. The molecule has 0 N–H and O–H groups in total. The number of hydrogen-bond acceptors (Lipinski definition) is 2. The predicted molar refractivity (Wildman–Crippen MR) is 88.2 cm³/mol. The van der Waals surface area contributed by atoms with E-state index in [9.17, 15) is 13.2 Å². The summed E-state index contributed by atoms with van der Waals surface area (Å²) in [7, 11) is 0. The summed E-state index contributed by atoms with van der Waals surface area (Å²) in [6.45, 7) is 2.04. The number of alkyl halides is 3. The van der Waals surface area contributed by atoms with Gasteiger partial charge in [0.05, 0.1) is 0 Å². The second kappa shape index (κ2) is 7.16. The van der Waals surface area contributed by atoms with Crippen LogP contribution < -0.4 is 9.64 Å². The Kier molecular flexibility index (Phi) is 4.97. The highest BCUT2D eigenvalue weighted by atomic mass is 19.4. The number of para-hydroxylation sites is 1. The summed E-state index contributed by atoms with van der Waals surface area (Å²) < 4.78 is 40.4. The van der Waals surface area contributed by atoms with Crippen LogP contribution >= 0.6 is 0 Å². The molecule has 1 fully saturated rings. The third kappa shape index (κ3) is 4.66. The molecule has 1 saturated heterocycles. The van der Waals surface area contributed by atoms with Gasteiger partial charge in [-0.1, -0.05) is 30.3 Å². The lowest BCUT2D eigenvalue weighted by Gasteiger charge is -2.33. The molecule has 0 bridgehead atoms. The summed E-state index contributed by atoms with van der Waals surface area (Å²) in [5, 5.41) is 0. The van der Waals surface area contributed by atoms with Gasteiger partial charge in [0.25, 0.3) is 0 Å². The van der Waals surface area contributed by atoms with Crippen molar-refractivity contribution in [3.05, 3.63) is 60.2 Å². The van der Waals surface area contributed by atoms with E-state index in [2.05, 4.69) is 21.8 Å². The first kappa shape index (κ1) is 16.7. The average molecular weight is 335 g/mol. The van der Waals surface area contributed by atoms with E-state index in [1.807, 2.05) is 18.2 Å². The fraction of sp³-hybridized carbons (Fsp3) is 0.368. The molecule has 1 aliphatic heterocycles. The van der Waals surface area contributed by atoms with Crippen molar-refractivity contribution < 1.29 is 17.9 Å². The third-order valence-corrected chi connectivity index (χ3v) is 4.42. The van der Waals surface area contributed by atoms with E-state index in [0.717, 1.165) is 37.9 Å². The number of ether oxygens (including phenoxy) is 1. The van der Waals surface area contributed by atoms with Crippen LogP contribution in [0.15, 0.2) is 54.6 Å². The van der Waals surface area contributed by atoms with Crippen LogP contribution in [0.1, 0.15) is 18.4 Å². The maximum Gasteiger partial charge on any atom is 0.573 e. The molecule has 0 aliphatic carbocycles. The fourth-order valence-electron chi connectivity index (χ4n) is 3.19. The van der Waals surface area contributed by atoms with Crippen molar-refractivity contribution in [3.8, 4) is 5.75 Å². The second-order valence-corrected chi connectivity index (χ2v) is 6.16. The van der Waals surface area contributed by atoms with Crippen LogP contribution in [0.25, 0.3) is 0 Å². The van der Waals surface area contributed by atoms with E-state index >= 15 is 0 Å². The number of nitrogens with zero attached hydrogens (tertiary/aromatic N) is 1. The standard InChI is InChI=1S/C19H20F3NO/c20-19(21,22)24-18-8-6-15(7-9-18)14-16-10-12-23(13-11-16)17-4-2-1-3-5-17/h1-9,16H,10-14H2. The van der Waals surface area contributed by atoms with Crippen LogP contribution in [0.5, 0.6) is 5.75 Å². The molecule has 0 radical (unpaired) electrons. The summed E-state index contributed by atoms with van der Waals surface area (Å²) in [4.78, 5) is 2.39. The minimum atomic E-state index is -4.63. The molecule has 128 valence electrons. The molecule has 5 heteroatoms. The molecular formula is C19H20F3NO. The third-order valence-electron chi connectivity index (χ3n) is 4.42. The minimum Gasteiger partial charge on any atom is -0.406 e. The molecule has 1 aliphatic rings. The number of halogens is 3. The zero-order valence-electron chi connectivity index (χ0n) is 13.3. The largest absolute Gasteiger partial charge is 0.573 e. The Hall–Kier alpha value is -2.17. The van der Waals surface area contributed by atoms with Gasteiger partial charge in [-0.15, -0.1) is 13.2 Å². The zero-order chi connectivity index (χ0) is 17.0. The van der Waals surface area contributed by atoms with Gasteiger partial charge in [-0.05, 0) is 55.0 Å². The topological polar surface area (TPSA) is 12.5 Å². The van der Waals surface area contributed by atoms with E-state index < -0.39 is 6.36 Å². The molecule has 0 spiro atoms. The minimum absolute atomic E-state index is 0.162. The van der Waals surface area contributed by atoms with E-state index in [0.29, 0.717) is 5.92 Å². The van der Waals surface area contributed by atoms with E-state index in [-0.39, 0.29) is 5.75 Å². The van der Waals surface area contributed by atoms with Crippen LogP contribution in [0.4, 0.5) is 18.9 Å². The molecule has 2 aromatic rings. The maximum absolute atomic E-state index is 12.2. The van der Waals surface area contributed by atoms with Crippen molar-refractivity contribution in [2.45, 2.75) is 25.6 Å². The van der Waals surface area contributed by atoms with Crippen molar-refractivity contribution in [2.24, 2.45) is 5.92 Å². The van der Waals surface area contributed by atoms with Gasteiger partial charge in [0.15, 0.2) is 0 Å². The van der Waals surface area contributed by atoms with Gasteiger partial charge < -0.3 is 9.64 Å². The van der Waals surface area contributed by atoms with Crippen molar-refractivity contribution in [2.75, 3.05) is 18.0 Å². The predicted octanol–water partition coefficient (Wildman–Crippen LogP) is 5.04. The van der Waals surface area contributed by atoms with Crippen LogP contribution in [0.2, 0.25) is 0 Å². The number of piperidine rings is 1. The molecule has 2 nitrogen and oxygen atoms in total. The molecule has 0 aromatic heterocycles. The number of rotatable bonds is 4. The van der Waals surface area contributed by atoms with E-state index in [1.165, 1.54) is 17.8 Å². The summed E-state index contributed by atoms with van der Waals surface area (Å²) >= 11 is 0. The van der Waals surface area contributed by atoms with Gasteiger partial charge in [-0.3, -0.25) is 0 Å². The first-order valence-electron chi connectivity index (χ1n) is 8.14. The average Bonchev–Trinajstić information content (AvgIpc) is 2.57. The molecule has 1 heterocycles.